The number of anilines is 2. The van der Waals surface area contributed by atoms with Crippen LogP contribution in [0.5, 0.6) is 0 Å². The smallest absolute Gasteiger partial charge is 0.338 e. The van der Waals surface area contributed by atoms with E-state index in [2.05, 4.69) is 5.32 Å². The molecule has 0 aliphatic carbocycles. The fourth-order valence-corrected chi connectivity index (χ4v) is 3.28. The number of carbonyl (C=O) groups excluding carboxylic acids is 4. The quantitative estimate of drug-likeness (QED) is 0.608. The molecular formula is C23H23ClN2O6. The molecule has 1 heterocycles. The van der Waals surface area contributed by atoms with Crippen LogP contribution in [-0.4, -0.2) is 43.5 Å². The molecule has 0 radical (unpaired) electrons. The van der Waals surface area contributed by atoms with Gasteiger partial charge in [0.05, 0.1) is 18.1 Å². The number of benzene rings is 2. The third-order valence-electron chi connectivity index (χ3n) is 4.78. The number of amides is 2. The summed E-state index contributed by atoms with van der Waals surface area (Å²) in [5, 5.41) is 3.13. The van der Waals surface area contributed by atoms with Gasteiger partial charge in [0.2, 0.25) is 5.91 Å². The van der Waals surface area contributed by atoms with Gasteiger partial charge in [-0.15, -0.1) is 0 Å². The van der Waals surface area contributed by atoms with Crippen LogP contribution < -0.4 is 10.2 Å². The van der Waals surface area contributed by atoms with Crippen molar-refractivity contribution >= 4 is 46.7 Å². The van der Waals surface area contributed by atoms with Gasteiger partial charge in [0.15, 0.2) is 6.61 Å². The molecule has 2 aromatic carbocycles. The summed E-state index contributed by atoms with van der Waals surface area (Å²) >= 11 is 5.80. The molecule has 1 N–H and O–H groups in total. The number of ether oxygens (including phenoxy) is 2. The second-order valence-corrected chi connectivity index (χ2v) is 7.69. The number of nitrogens with zero attached hydrogens (tertiary/aromatic N) is 1. The second kappa shape index (κ2) is 10.8. The standard InChI is InChI=1S/C23H23ClN2O6/c1-2-11-31-22(29)15-3-9-19(10-4-15)26-13-16(12-21(26)28)23(30)32-14-20(27)25-18-7-5-17(24)6-8-18/h3-10,16H,2,11-14H2,1H3,(H,25,27)/t16-/m1/s1. The van der Waals surface area contributed by atoms with E-state index >= 15 is 0 Å². The van der Waals surface area contributed by atoms with Crippen LogP contribution in [0.15, 0.2) is 48.5 Å². The van der Waals surface area contributed by atoms with Crippen LogP contribution in [0.3, 0.4) is 0 Å². The molecule has 1 aliphatic rings. The van der Waals surface area contributed by atoms with E-state index < -0.39 is 30.4 Å². The first-order valence-electron chi connectivity index (χ1n) is 10.2. The lowest BCUT2D eigenvalue weighted by Crippen LogP contribution is -2.28. The summed E-state index contributed by atoms with van der Waals surface area (Å²) in [7, 11) is 0. The molecular weight excluding hydrogens is 436 g/mol. The summed E-state index contributed by atoms with van der Waals surface area (Å²) in [6.45, 7) is 1.92. The number of hydrogen-bond acceptors (Lipinski definition) is 6. The number of halogens is 1. The highest BCUT2D eigenvalue weighted by Crippen LogP contribution is 2.26. The average Bonchev–Trinajstić information content (AvgIpc) is 3.19. The minimum absolute atomic E-state index is 0.0159. The molecule has 0 unspecified atom stereocenters. The van der Waals surface area contributed by atoms with Crippen molar-refractivity contribution in [1.29, 1.82) is 0 Å². The molecule has 168 valence electrons. The maximum absolute atomic E-state index is 12.4. The molecule has 1 aliphatic heterocycles. The van der Waals surface area contributed by atoms with Gasteiger partial charge in [0, 0.05) is 29.4 Å². The zero-order valence-electron chi connectivity index (χ0n) is 17.5. The van der Waals surface area contributed by atoms with Gasteiger partial charge in [-0.3, -0.25) is 14.4 Å². The molecule has 0 saturated carbocycles. The first-order valence-corrected chi connectivity index (χ1v) is 10.5. The molecule has 2 amide bonds. The van der Waals surface area contributed by atoms with Crippen molar-refractivity contribution in [2.75, 3.05) is 30.0 Å². The predicted molar refractivity (Wildman–Crippen MR) is 119 cm³/mol. The average molecular weight is 459 g/mol. The van der Waals surface area contributed by atoms with Gasteiger partial charge in [0.25, 0.3) is 5.91 Å². The Morgan fingerprint density at radius 3 is 2.41 bits per heavy atom. The van der Waals surface area contributed by atoms with E-state index in [0.717, 1.165) is 6.42 Å². The Hall–Kier alpha value is -3.39. The highest BCUT2D eigenvalue weighted by atomic mass is 35.5. The molecule has 1 fully saturated rings. The van der Waals surface area contributed by atoms with Crippen molar-refractivity contribution in [1.82, 2.24) is 0 Å². The van der Waals surface area contributed by atoms with Crippen LogP contribution in [0.1, 0.15) is 30.1 Å². The third-order valence-corrected chi connectivity index (χ3v) is 5.04. The van der Waals surface area contributed by atoms with E-state index in [0.29, 0.717) is 28.6 Å². The molecule has 0 spiro atoms. The fraction of sp³-hybridized carbons (Fsp3) is 0.304. The van der Waals surface area contributed by atoms with Crippen molar-refractivity contribution < 1.29 is 28.7 Å². The topological polar surface area (TPSA) is 102 Å². The first-order chi connectivity index (χ1) is 15.4. The lowest BCUT2D eigenvalue weighted by molar-refractivity contribution is -0.151. The number of esters is 2. The normalized spacial score (nSPS) is 15.4. The molecule has 1 saturated heterocycles. The summed E-state index contributed by atoms with van der Waals surface area (Å²) in [5.74, 6) is -2.46. The molecule has 2 aromatic rings. The maximum Gasteiger partial charge on any atom is 0.338 e. The number of rotatable bonds is 8. The van der Waals surface area contributed by atoms with Gasteiger partial charge in [0.1, 0.15) is 0 Å². The predicted octanol–water partition coefficient (Wildman–Crippen LogP) is 3.44. The van der Waals surface area contributed by atoms with Crippen molar-refractivity contribution in [2.45, 2.75) is 19.8 Å². The minimum Gasteiger partial charge on any atom is -0.462 e. The van der Waals surface area contributed by atoms with E-state index in [-0.39, 0.29) is 18.9 Å². The summed E-state index contributed by atoms with van der Waals surface area (Å²) in [4.78, 5) is 50.1. The Morgan fingerprint density at radius 1 is 1.06 bits per heavy atom. The highest BCUT2D eigenvalue weighted by molar-refractivity contribution is 6.30. The lowest BCUT2D eigenvalue weighted by atomic mass is 10.1. The second-order valence-electron chi connectivity index (χ2n) is 7.25. The molecule has 0 bridgehead atoms. The summed E-state index contributed by atoms with van der Waals surface area (Å²) < 4.78 is 10.2. The molecule has 9 heteroatoms. The van der Waals surface area contributed by atoms with Crippen LogP contribution in [0, 0.1) is 5.92 Å². The molecule has 0 aromatic heterocycles. The Labute approximate surface area is 190 Å². The van der Waals surface area contributed by atoms with Crippen molar-refractivity contribution in [2.24, 2.45) is 5.92 Å². The maximum atomic E-state index is 12.4. The molecule has 8 nitrogen and oxygen atoms in total. The first kappa shape index (κ1) is 23.3. The van der Waals surface area contributed by atoms with Crippen LogP contribution in [0.25, 0.3) is 0 Å². The summed E-state index contributed by atoms with van der Waals surface area (Å²) in [5.41, 5.74) is 1.48. The Kier molecular flexibility index (Phi) is 7.83. The van der Waals surface area contributed by atoms with Gasteiger partial charge in [-0.1, -0.05) is 18.5 Å². The van der Waals surface area contributed by atoms with Gasteiger partial charge in [-0.05, 0) is 55.0 Å². The van der Waals surface area contributed by atoms with Crippen LogP contribution in [0.4, 0.5) is 11.4 Å². The monoisotopic (exact) mass is 458 g/mol. The van der Waals surface area contributed by atoms with E-state index in [1.807, 2.05) is 6.92 Å². The Bertz CT molecular complexity index is 991. The van der Waals surface area contributed by atoms with Crippen molar-refractivity contribution in [3.63, 3.8) is 0 Å². The summed E-state index contributed by atoms with van der Waals surface area (Å²) in [6.07, 6.45) is 0.713. The number of nitrogens with one attached hydrogen (secondary N) is 1. The SMILES string of the molecule is CCCOC(=O)c1ccc(N2C[C@H](C(=O)OCC(=O)Nc3ccc(Cl)cc3)CC2=O)cc1. The van der Waals surface area contributed by atoms with Crippen LogP contribution >= 0.6 is 11.6 Å². The Morgan fingerprint density at radius 2 is 1.75 bits per heavy atom. The van der Waals surface area contributed by atoms with Crippen LogP contribution in [-0.2, 0) is 23.9 Å². The minimum atomic E-state index is -0.681. The van der Waals surface area contributed by atoms with Gasteiger partial charge < -0.3 is 19.7 Å². The zero-order valence-corrected chi connectivity index (χ0v) is 18.3. The fourth-order valence-electron chi connectivity index (χ4n) is 3.16. The van der Waals surface area contributed by atoms with Crippen LogP contribution in [0.2, 0.25) is 5.02 Å². The van der Waals surface area contributed by atoms with Crippen molar-refractivity contribution in [3.05, 3.63) is 59.1 Å². The molecule has 32 heavy (non-hydrogen) atoms. The highest BCUT2D eigenvalue weighted by Gasteiger charge is 2.36. The van der Waals surface area contributed by atoms with E-state index in [1.54, 1.807) is 48.5 Å². The largest absolute Gasteiger partial charge is 0.462 e. The zero-order chi connectivity index (χ0) is 23.1. The molecule has 3 rings (SSSR count). The third kappa shape index (κ3) is 6.07. The van der Waals surface area contributed by atoms with Gasteiger partial charge in [-0.25, -0.2) is 4.79 Å². The van der Waals surface area contributed by atoms with E-state index in [1.165, 1.54) is 4.90 Å². The number of carbonyl (C=O) groups is 4. The van der Waals surface area contributed by atoms with Crippen molar-refractivity contribution in [3.8, 4) is 0 Å². The lowest BCUT2D eigenvalue weighted by Gasteiger charge is -2.17. The summed E-state index contributed by atoms with van der Waals surface area (Å²) in [6, 6.07) is 12.9. The molecule has 1 atom stereocenters. The van der Waals surface area contributed by atoms with Gasteiger partial charge >= 0.3 is 11.9 Å². The van der Waals surface area contributed by atoms with E-state index in [9.17, 15) is 19.2 Å². The van der Waals surface area contributed by atoms with Gasteiger partial charge in [-0.2, -0.15) is 0 Å². The number of hydrogen-bond donors (Lipinski definition) is 1. The van der Waals surface area contributed by atoms with E-state index in [4.69, 9.17) is 21.1 Å². The Balaban J connectivity index is 1.51.